The number of rotatable bonds is 4. The Labute approximate surface area is 199 Å². The van der Waals surface area contributed by atoms with Gasteiger partial charge >= 0.3 is 0 Å². The van der Waals surface area contributed by atoms with E-state index in [-0.39, 0.29) is 17.4 Å². The van der Waals surface area contributed by atoms with Crippen LogP contribution in [0.5, 0.6) is 0 Å². The molecule has 0 unspecified atom stereocenters. The van der Waals surface area contributed by atoms with Gasteiger partial charge in [0.15, 0.2) is 0 Å². The van der Waals surface area contributed by atoms with Crippen LogP contribution >= 0.6 is 11.6 Å². The van der Waals surface area contributed by atoms with Crippen LogP contribution in [0.2, 0.25) is 5.02 Å². The quantitative estimate of drug-likeness (QED) is 0.714. The number of carbonyl (C=O) groups excluding carboxylic acids is 1. The monoisotopic (exact) mass is 470 g/mol. The van der Waals surface area contributed by atoms with Gasteiger partial charge in [0.1, 0.15) is 5.82 Å². The van der Waals surface area contributed by atoms with Gasteiger partial charge in [0, 0.05) is 43.7 Å². The van der Waals surface area contributed by atoms with Gasteiger partial charge in [-0.1, -0.05) is 18.0 Å². The highest BCUT2D eigenvalue weighted by atomic mass is 35.5. The van der Waals surface area contributed by atoms with Gasteiger partial charge in [0.2, 0.25) is 5.91 Å². The number of amides is 1. The number of benzene rings is 1. The van der Waals surface area contributed by atoms with Crippen molar-refractivity contribution in [2.45, 2.75) is 44.2 Å². The third kappa shape index (κ3) is 3.60. The summed E-state index contributed by atoms with van der Waals surface area (Å²) in [5.41, 5.74) is 0.982. The summed E-state index contributed by atoms with van der Waals surface area (Å²) in [5.74, 6) is 0.875. The first-order valence-corrected chi connectivity index (χ1v) is 12.4. The number of fused-ring (bicyclic) bond motifs is 1. The second-order valence-electron chi connectivity index (χ2n) is 10.5. The number of aliphatic hydroxyl groups is 1. The van der Waals surface area contributed by atoms with Crippen molar-refractivity contribution in [1.29, 1.82) is 0 Å². The summed E-state index contributed by atoms with van der Waals surface area (Å²) in [4.78, 5) is 21.8. The Morgan fingerprint density at radius 3 is 2.64 bits per heavy atom. The van der Waals surface area contributed by atoms with Crippen molar-refractivity contribution in [2.75, 3.05) is 49.6 Å². The molecule has 1 aromatic carbocycles. The second-order valence-corrected chi connectivity index (χ2v) is 11.0. The number of nitrogens with zero attached hydrogens (tertiary/aromatic N) is 3. The molecule has 7 nitrogen and oxygen atoms in total. The van der Waals surface area contributed by atoms with Crippen LogP contribution < -0.4 is 10.2 Å². The van der Waals surface area contributed by atoms with Crippen molar-refractivity contribution in [3.8, 4) is 0 Å². The molecule has 2 N–H and O–H groups in total. The van der Waals surface area contributed by atoms with Crippen molar-refractivity contribution >= 4 is 39.8 Å². The molecule has 1 amide bonds. The third-order valence-corrected chi connectivity index (χ3v) is 8.93. The first-order chi connectivity index (χ1) is 15.9. The molecule has 6 rings (SSSR count). The fourth-order valence-electron chi connectivity index (χ4n) is 5.99. The molecular weight excluding hydrogens is 440 g/mol. The fraction of sp³-hybridized carbons (Fsp3) is 0.600. The second kappa shape index (κ2) is 7.80. The third-order valence-electron chi connectivity index (χ3n) is 8.62. The zero-order valence-electron chi connectivity index (χ0n) is 19.0. The van der Waals surface area contributed by atoms with E-state index in [4.69, 9.17) is 16.3 Å². The Balaban J connectivity index is 1.17. The van der Waals surface area contributed by atoms with Gasteiger partial charge in [-0.15, -0.1) is 0 Å². The number of halogens is 1. The highest BCUT2D eigenvalue weighted by Crippen LogP contribution is 2.65. The van der Waals surface area contributed by atoms with Gasteiger partial charge in [-0.2, -0.15) is 0 Å². The van der Waals surface area contributed by atoms with Crippen LogP contribution in [0.25, 0.3) is 10.8 Å². The van der Waals surface area contributed by atoms with Crippen molar-refractivity contribution in [1.82, 2.24) is 9.88 Å². The molecule has 3 atom stereocenters. The predicted octanol–water partition coefficient (Wildman–Crippen LogP) is 3.29. The van der Waals surface area contributed by atoms with Crippen LogP contribution in [0.4, 0.5) is 11.5 Å². The van der Waals surface area contributed by atoms with E-state index in [1.165, 1.54) is 19.3 Å². The Kier molecular flexibility index (Phi) is 5.11. The Morgan fingerprint density at radius 2 is 2.00 bits per heavy atom. The number of hydrogen-bond acceptors (Lipinski definition) is 6. The summed E-state index contributed by atoms with van der Waals surface area (Å²) in [7, 11) is 0. The van der Waals surface area contributed by atoms with E-state index in [0.717, 1.165) is 49.1 Å². The lowest BCUT2D eigenvalue weighted by Crippen LogP contribution is -2.60. The molecule has 0 bridgehead atoms. The molecule has 176 valence electrons. The average Bonchev–Trinajstić information content (AvgIpc) is 3.48. The van der Waals surface area contributed by atoms with Crippen LogP contribution in [-0.2, 0) is 9.53 Å². The maximum atomic E-state index is 12.7. The predicted molar refractivity (Wildman–Crippen MR) is 129 cm³/mol. The molecule has 3 heterocycles. The maximum Gasteiger partial charge on any atom is 0.229 e. The van der Waals surface area contributed by atoms with Gasteiger partial charge in [-0.3, -0.25) is 9.69 Å². The highest BCUT2D eigenvalue weighted by molar-refractivity contribution is 6.34. The molecule has 0 radical (unpaired) electrons. The van der Waals surface area contributed by atoms with Crippen molar-refractivity contribution in [2.24, 2.45) is 11.3 Å². The average molecular weight is 471 g/mol. The Hall–Kier alpha value is -1.93. The summed E-state index contributed by atoms with van der Waals surface area (Å²) in [6.45, 7) is 6.38. The highest BCUT2D eigenvalue weighted by Gasteiger charge is 2.60. The number of nitrogens with one attached hydrogen (secondary N) is 1. The van der Waals surface area contributed by atoms with Gasteiger partial charge in [0.05, 0.1) is 35.6 Å². The lowest BCUT2D eigenvalue weighted by molar-refractivity contribution is -0.118. The summed E-state index contributed by atoms with van der Waals surface area (Å²) in [5, 5.41) is 16.1. The number of pyridine rings is 1. The molecule has 2 aromatic rings. The molecule has 8 heteroatoms. The van der Waals surface area contributed by atoms with Crippen LogP contribution in [-0.4, -0.2) is 71.9 Å². The van der Waals surface area contributed by atoms with Crippen molar-refractivity contribution < 1.29 is 14.6 Å². The molecule has 4 aliphatic rings. The number of aromatic nitrogens is 1. The number of carbonyl (C=O) groups is 1. The largest absolute Gasteiger partial charge is 0.389 e. The minimum Gasteiger partial charge on any atom is -0.389 e. The molecule has 1 aromatic heterocycles. The Morgan fingerprint density at radius 1 is 1.21 bits per heavy atom. The lowest BCUT2D eigenvalue weighted by Gasteiger charge is -2.45. The molecule has 2 saturated heterocycles. The van der Waals surface area contributed by atoms with Crippen LogP contribution in [0.1, 0.15) is 32.6 Å². The van der Waals surface area contributed by atoms with E-state index >= 15 is 0 Å². The van der Waals surface area contributed by atoms with Gasteiger partial charge < -0.3 is 20.1 Å². The molecule has 1 spiro atoms. The SMILES string of the molecule is C[C@]1(N2CCN(c3cc4cc(NC(=O)[C@H]5CC56CCC6)ncc4cc3Cl)CC2)COC[C@H]1O. The van der Waals surface area contributed by atoms with E-state index < -0.39 is 6.10 Å². The zero-order chi connectivity index (χ0) is 22.8. The normalized spacial score (nSPS) is 31.1. The van der Waals surface area contributed by atoms with Crippen LogP contribution in [0.3, 0.4) is 0 Å². The van der Waals surface area contributed by atoms with Crippen LogP contribution in [0.15, 0.2) is 24.4 Å². The maximum absolute atomic E-state index is 12.7. The van der Waals surface area contributed by atoms with E-state index in [1.54, 1.807) is 6.20 Å². The fourth-order valence-corrected chi connectivity index (χ4v) is 6.28. The molecule has 4 fully saturated rings. The topological polar surface area (TPSA) is 77.9 Å². The van der Waals surface area contributed by atoms with E-state index in [2.05, 4.69) is 33.1 Å². The smallest absolute Gasteiger partial charge is 0.229 e. The number of anilines is 2. The molecule has 2 aliphatic heterocycles. The lowest BCUT2D eigenvalue weighted by atomic mass is 9.80. The summed E-state index contributed by atoms with van der Waals surface area (Å²) < 4.78 is 5.52. The molecular formula is C25H31ClN4O3. The van der Waals surface area contributed by atoms with Gasteiger partial charge in [0.25, 0.3) is 0 Å². The van der Waals surface area contributed by atoms with E-state index in [1.807, 2.05) is 12.1 Å². The Bertz CT molecular complexity index is 1100. The van der Waals surface area contributed by atoms with Gasteiger partial charge in [-0.25, -0.2) is 4.98 Å². The van der Waals surface area contributed by atoms with Gasteiger partial charge in [-0.05, 0) is 55.2 Å². The van der Waals surface area contributed by atoms with E-state index in [9.17, 15) is 9.90 Å². The number of hydrogen-bond donors (Lipinski definition) is 2. The standard InChI is InChI=1S/C25H31ClN4O3/c1-24(15-33-14-21(24)31)30-7-5-29(6-8-30)20-10-16-11-22(27-13-17(16)9-19(20)26)28-23(32)18-12-25(18)3-2-4-25/h9-11,13,18,21,31H,2-8,12,14-15H2,1H3,(H,27,28,32)/t18-,21-,24+/m1/s1. The van der Waals surface area contributed by atoms with Crippen molar-refractivity contribution in [3.63, 3.8) is 0 Å². The van der Waals surface area contributed by atoms with E-state index in [0.29, 0.717) is 29.5 Å². The number of aliphatic hydroxyl groups excluding tert-OH is 1. The molecule has 33 heavy (non-hydrogen) atoms. The molecule has 2 saturated carbocycles. The summed E-state index contributed by atoms with van der Waals surface area (Å²) in [6.07, 6.45) is 5.99. The summed E-state index contributed by atoms with van der Waals surface area (Å²) >= 11 is 6.67. The number of piperazine rings is 1. The van der Waals surface area contributed by atoms with Crippen LogP contribution in [0, 0.1) is 11.3 Å². The minimum absolute atomic E-state index is 0.110. The van der Waals surface area contributed by atoms with Crippen molar-refractivity contribution in [3.05, 3.63) is 29.4 Å². The first kappa shape index (κ1) is 21.6. The number of ether oxygens (including phenoxy) is 1. The minimum atomic E-state index is -0.454. The molecule has 2 aliphatic carbocycles. The zero-order valence-corrected chi connectivity index (χ0v) is 19.8. The summed E-state index contributed by atoms with van der Waals surface area (Å²) in [6, 6.07) is 6.01. The first-order valence-electron chi connectivity index (χ1n) is 12.0.